The van der Waals surface area contributed by atoms with Crippen LogP contribution in [0.3, 0.4) is 0 Å². The summed E-state index contributed by atoms with van der Waals surface area (Å²) in [7, 11) is 1.41. The molecule has 1 heterocycles. The third-order valence-electron chi connectivity index (χ3n) is 2.89. The average molecular weight is 372 g/mol. The second kappa shape index (κ2) is 6.87. The molecule has 0 amide bonds. The van der Waals surface area contributed by atoms with Crippen molar-refractivity contribution in [3.05, 3.63) is 51.2 Å². The summed E-state index contributed by atoms with van der Waals surface area (Å²) in [4.78, 5) is 19.5. The third kappa shape index (κ3) is 3.92. The molecule has 110 valence electrons. The van der Waals surface area contributed by atoms with Gasteiger partial charge in [-0.25, -0.2) is 4.98 Å². The van der Waals surface area contributed by atoms with Crippen LogP contribution in [0.25, 0.3) is 0 Å². The van der Waals surface area contributed by atoms with E-state index in [1.54, 1.807) is 0 Å². The lowest BCUT2D eigenvalue weighted by Gasteiger charge is -2.14. The Morgan fingerprint density at radius 2 is 2.29 bits per heavy atom. The fourth-order valence-electron chi connectivity index (χ4n) is 1.91. The molecule has 1 atom stereocenters. The van der Waals surface area contributed by atoms with Crippen LogP contribution in [0.4, 0.5) is 0 Å². The molecule has 0 fully saturated rings. The number of rotatable bonds is 5. The van der Waals surface area contributed by atoms with Gasteiger partial charge in [-0.2, -0.15) is 4.98 Å². The molecular weight excluding hydrogens is 360 g/mol. The van der Waals surface area contributed by atoms with Crippen LogP contribution >= 0.6 is 27.5 Å². The second-order valence-corrected chi connectivity index (χ2v) is 5.64. The van der Waals surface area contributed by atoms with Gasteiger partial charge in [0.15, 0.2) is 0 Å². The SMILES string of the molecule is COc1ncc(Cl)c(C(Cc2cccc(Br)c2)C(=O)O)n1. The van der Waals surface area contributed by atoms with E-state index >= 15 is 0 Å². The molecule has 0 saturated carbocycles. The molecule has 1 aromatic heterocycles. The first-order valence-corrected chi connectivity index (χ1v) is 7.22. The zero-order chi connectivity index (χ0) is 15.4. The number of halogens is 2. The molecule has 0 aliphatic rings. The van der Waals surface area contributed by atoms with E-state index in [9.17, 15) is 9.90 Å². The van der Waals surface area contributed by atoms with Gasteiger partial charge in [0.25, 0.3) is 0 Å². The Morgan fingerprint density at radius 3 is 2.90 bits per heavy atom. The number of hydrogen-bond acceptors (Lipinski definition) is 4. The molecule has 0 radical (unpaired) electrons. The standard InChI is InChI=1S/C14H12BrClN2O3/c1-21-14-17-7-11(16)12(18-14)10(13(19)20)6-8-3-2-4-9(15)5-8/h2-5,7,10H,6H2,1H3,(H,19,20). The van der Waals surface area contributed by atoms with Crippen molar-refractivity contribution in [3.8, 4) is 6.01 Å². The fraction of sp³-hybridized carbons (Fsp3) is 0.214. The topological polar surface area (TPSA) is 72.3 Å². The van der Waals surface area contributed by atoms with Crippen LogP contribution in [0.1, 0.15) is 17.2 Å². The maximum Gasteiger partial charge on any atom is 0.316 e. The van der Waals surface area contributed by atoms with E-state index in [4.69, 9.17) is 16.3 Å². The first kappa shape index (κ1) is 15.7. The van der Waals surface area contributed by atoms with Crippen molar-refractivity contribution in [2.24, 2.45) is 0 Å². The molecule has 5 nitrogen and oxygen atoms in total. The van der Waals surface area contributed by atoms with E-state index in [2.05, 4.69) is 25.9 Å². The van der Waals surface area contributed by atoms with E-state index < -0.39 is 11.9 Å². The average Bonchev–Trinajstić information content (AvgIpc) is 2.45. The monoisotopic (exact) mass is 370 g/mol. The largest absolute Gasteiger partial charge is 0.481 e. The summed E-state index contributed by atoms with van der Waals surface area (Å²) in [5.41, 5.74) is 1.11. The number of aliphatic carboxylic acids is 1. The minimum Gasteiger partial charge on any atom is -0.481 e. The quantitative estimate of drug-likeness (QED) is 0.873. The third-order valence-corrected chi connectivity index (χ3v) is 3.67. The highest BCUT2D eigenvalue weighted by atomic mass is 79.9. The van der Waals surface area contributed by atoms with E-state index in [0.717, 1.165) is 10.0 Å². The molecule has 21 heavy (non-hydrogen) atoms. The smallest absolute Gasteiger partial charge is 0.316 e. The van der Waals surface area contributed by atoms with Crippen molar-refractivity contribution >= 4 is 33.5 Å². The van der Waals surface area contributed by atoms with Gasteiger partial charge in [-0.1, -0.05) is 39.7 Å². The van der Waals surface area contributed by atoms with Crippen LogP contribution in [0.2, 0.25) is 5.02 Å². The first-order valence-electron chi connectivity index (χ1n) is 6.05. The number of ether oxygens (including phenoxy) is 1. The van der Waals surface area contributed by atoms with Gasteiger partial charge >= 0.3 is 12.0 Å². The fourth-order valence-corrected chi connectivity index (χ4v) is 2.58. The van der Waals surface area contributed by atoms with Gasteiger partial charge in [-0.05, 0) is 24.1 Å². The Bertz CT molecular complexity index is 666. The van der Waals surface area contributed by atoms with E-state index in [1.165, 1.54) is 13.3 Å². The lowest BCUT2D eigenvalue weighted by atomic mass is 9.96. The molecule has 0 bridgehead atoms. The number of carbonyl (C=O) groups is 1. The zero-order valence-corrected chi connectivity index (χ0v) is 13.4. The van der Waals surface area contributed by atoms with Gasteiger partial charge in [0.05, 0.1) is 24.0 Å². The summed E-state index contributed by atoms with van der Waals surface area (Å²) in [6, 6.07) is 7.53. The van der Waals surface area contributed by atoms with Crippen molar-refractivity contribution in [1.29, 1.82) is 0 Å². The summed E-state index contributed by atoms with van der Waals surface area (Å²) in [5, 5.41) is 9.68. The number of hydrogen-bond donors (Lipinski definition) is 1. The van der Waals surface area contributed by atoms with Gasteiger partial charge in [-0.15, -0.1) is 0 Å². The van der Waals surface area contributed by atoms with Crippen molar-refractivity contribution < 1.29 is 14.6 Å². The summed E-state index contributed by atoms with van der Waals surface area (Å²) in [6.07, 6.45) is 1.62. The maximum absolute atomic E-state index is 11.6. The number of nitrogens with zero attached hydrogens (tertiary/aromatic N) is 2. The lowest BCUT2D eigenvalue weighted by Crippen LogP contribution is -2.17. The molecule has 1 aromatic carbocycles. The Balaban J connectivity index is 2.37. The van der Waals surface area contributed by atoms with E-state index in [1.807, 2.05) is 24.3 Å². The molecular formula is C14H12BrClN2O3. The van der Waals surface area contributed by atoms with Gasteiger partial charge in [0, 0.05) is 4.47 Å². The minimum absolute atomic E-state index is 0.0925. The Morgan fingerprint density at radius 1 is 1.52 bits per heavy atom. The molecule has 1 N–H and O–H groups in total. The zero-order valence-electron chi connectivity index (χ0n) is 11.1. The van der Waals surface area contributed by atoms with Gasteiger partial charge in [0.2, 0.25) is 0 Å². The maximum atomic E-state index is 11.6. The lowest BCUT2D eigenvalue weighted by molar-refractivity contribution is -0.138. The Hall–Kier alpha value is -1.66. The number of benzene rings is 1. The number of methoxy groups -OCH3 is 1. The number of carboxylic acids is 1. The predicted octanol–water partition coefficient (Wildman–Crippen LogP) is 3.31. The highest BCUT2D eigenvalue weighted by Crippen LogP contribution is 2.28. The van der Waals surface area contributed by atoms with Gasteiger partial charge < -0.3 is 9.84 Å². The van der Waals surface area contributed by atoms with Crippen LogP contribution in [0.15, 0.2) is 34.9 Å². The molecule has 0 aliphatic carbocycles. The summed E-state index contributed by atoms with van der Waals surface area (Å²) >= 11 is 9.40. The second-order valence-electron chi connectivity index (χ2n) is 4.31. The van der Waals surface area contributed by atoms with E-state index in [-0.39, 0.29) is 23.1 Å². The van der Waals surface area contributed by atoms with E-state index in [0.29, 0.717) is 0 Å². The summed E-state index contributed by atoms with van der Waals surface area (Å²) < 4.78 is 5.81. The van der Waals surface area contributed by atoms with Crippen molar-refractivity contribution in [3.63, 3.8) is 0 Å². The molecule has 2 rings (SSSR count). The van der Waals surface area contributed by atoms with Gasteiger partial charge in [0.1, 0.15) is 5.92 Å². The normalized spacial score (nSPS) is 12.0. The molecule has 0 saturated heterocycles. The van der Waals surface area contributed by atoms with Crippen LogP contribution < -0.4 is 4.74 Å². The molecule has 2 aromatic rings. The van der Waals surface area contributed by atoms with Crippen molar-refractivity contribution in [2.75, 3.05) is 7.11 Å². The highest BCUT2D eigenvalue weighted by Gasteiger charge is 2.25. The van der Waals surface area contributed by atoms with Crippen LogP contribution in [-0.4, -0.2) is 28.2 Å². The minimum atomic E-state index is -1.00. The summed E-state index contributed by atoms with van der Waals surface area (Å²) in [6.45, 7) is 0. The van der Waals surface area contributed by atoms with Crippen LogP contribution in [0.5, 0.6) is 6.01 Å². The Kier molecular flexibility index (Phi) is 5.14. The highest BCUT2D eigenvalue weighted by molar-refractivity contribution is 9.10. The van der Waals surface area contributed by atoms with Crippen LogP contribution in [0, 0.1) is 0 Å². The first-order chi connectivity index (χ1) is 10.0. The van der Waals surface area contributed by atoms with Crippen LogP contribution in [-0.2, 0) is 11.2 Å². The number of aromatic nitrogens is 2. The summed E-state index contributed by atoms with van der Waals surface area (Å²) in [5.74, 6) is -1.87. The van der Waals surface area contributed by atoms with Crippen molar-refractivity contribution in [1.82, 2.24) is 9.97 Å². The predicted molar refractivity (Wildman–Crippen MR) is 81.8 cm³/mol. The molecule has 0 spiro atoms. The van der Waals surface area contributed by atoms with Crippen molar-refractivity contribution in [2.45, 2.75) is 12.3 Å². The molecule has 0 aliphatic heterocycles. The molecule has 1 unspecified atom stereocenters. The molecule has 7 heteroatoms. The Labute approximate surface area is 135 Å². The number of carboxylic acid groups (broad SMARTS) is 1. The van der Waals surface area contributed by atoms with Gasteiger partial charge in [-0.3, -0.25) is 4.79 Å².